The summed E-state index contributed by atoms with van der Waals surface area (Å²) in [4.78, 5) is 0. The minimum absolute atomic E-state index is 0.831. The van der Waals surface area contributed by atoms with Gasteiger partial charge in [-0.3, -0.25) is 0 Å². The van der Waals surface area contributed by atoms with Gasteiger partial charge in [-0.1, -0.05) is 0 Å². The van der Waals surface area contributed by atoms with Crippen LogP contribution in [-0.2, 0) is 2.72 Å². The molecule has 35 heavy (non-hydrogen) atoms. The molecule has 0 amide bonds. The van der Waals surface area contributed by atoms with E-state index in [1.54, 1.807) is 28.4 Å². The number of benzene rings is 4. The van der Waals surface area contributed by atoms with Gasteiger partial charge < -0.3 is 0 Å². The monoisotopic (exact) mass is 594 g/mol. The van der Waals surface area contributed by atoms with E-state index in [1.165, 1.54) is 17.4 Å². The molecule has 0 bridgehead atoms. The molecule has 0 unspecified atom stereocenters. The van der Waals surface area contributed by atoms with Crippen molar-refractivity contribution >= 4 is 47.4 Å². The molecule has 180 valence electrons. The molecule has 0 fully saturated rings. The summed E-state index contributed by atoms with van der Waals surface area (Å²) in [5.74, 6) is 3.32. The molecular weight excluding hydrogens is 566 g/mol. The average molecular weight is 594 g/mol. The number of hydrogen-bond donors (Lipinski definition) is 0. The third-order valence-corrected chi connectivity index (χ3v) is 16.1. The first kappa shape index (κ1) is 25.3. The van der Waals surface area contributed by atoms with E-state index >= 15 is 0 Å². The van der Waals surface area contributed by atoms with E-state index in [-0.39, 0.29) is 0 Å². The third kappa shape index (κ3) is 6.24. The van der Waals surface area contributed by atoms with Crippen LogP contribution in [0.5, 0.6) is 23.0 Å². The van der Waals surface area contributed by atoms with Gasteiger partial charge >= 0.3 is 218 Å². The summed E-state index contributed by atoms with van der Waals surface area (Å²) < 4.78 is 33.6. The van der Waals surface area contributed by atoms with Gasteiger partial charge in [0.25, 0.3) is 0 Å². The Morgan fingerprint density at radius 1 is 0.343 bits per heavy atom. The van der Waals surface area contributed by atoms with Crippen LogP contribution in [0.2, 0.25) is 0 Å². The Balaban J connectivity index is 1.77. The van der Waals surface area contributed by atoms with Gasteiger partial charge in [-0.15, -0.1) is 0 Å². The fraction of sp³-hybridized carbons (Fsp3) is 0.143. The number of rotatable bonds is 10. The Morgan fingerprint density at radius 3 is 0.714 bits per heavy atom. The molecule has 4 aromatic carbocycles. The fourth-order valence-corrected chi connectivity index (χ4v) is 15.2. The summed E-state index contributed by atoms with van der Waals surface area (Å²) in [5.41, 5.74) is 0. The van der Waals surface area contributed by atoms with Gasteiger partial charge in [-0.05, 0) is 0 Å². The molecule has 0 heterocycles. The normalized spacial score (nSPS) is 10.9. The van der Waals surface area contributed by atoms with Crippen molar-refractivity contribution in [1.29, 1.82) is 0 Å². The van der Waals surface area contributed by atoms with Crippen LogP contribution in [-0.4, -0.2) is 58.4 Å². The molecule has 0 aliphatic rings. The molecule has 0 saturated heterocycles. The molecule has 5 nitrogen and oxygen atoms in total. The summed E-state index contributed by atoms with van der Waals surface area (Å²) in [5, 5.41) is 0. The maximum atomic E-state index is 7.22. The van der Waals surface area contributed by atoms with Crippen molar-refractivity contribution in [2.75, 3.05) is 28.4 Å². The van der Waals surface area contributed by atoms with E-state index in [4.69, 9.17) is 21.7 Å². The molecule has 4 aromatic rings. The van der Waals surface area contributed by atoms with Gasteiger partial charge in [-0.25, -0.2) is 0 Å². The molecule has 0 aliphatic carbocycles. The molecule has 0 N–H and O–H groups in total. The van der Waals surface area contributed by atoms with Crippen LogP contribution in [0.25, 0.3) is 0 Å². The van der Waals surface area contributed by atoms with Crippen LogP contribution in [0.1, 0.15) is 0 Å². The SMILES string of the molecule is COc1ccc([As](O[As](c2ccc(OC)cc2)c2ccc(OC)cc2)c2ccc(OC)cc2)cc1. The zero-order chi connectivity index (χ0) is 24.6. The van der Waals surface area contributed by atoms with Crippen molar-refractivity contribution in [2.24, 2.45) is 0 Å². The van der Waals surface area contributed by atoms with Crippen LogP contribution in [0.15, 0.2) is 97.1 Å². The predicted molar refractivity (Wildman–Crippen MR) is 143 cm³/mol. The number of methoxy groups -OCH3 is 4. The topological polar surface area (TPSA) is 46.2 Å². The quantitative estimate of drug-likeness (QED) is 0.265. The van der Waals surface area contributed by atoms with Crippen LogP contribution >= 0.6 is 0 Å². The van der Waals surface area contributed by atoms with Crippen molar-refractivity contribution in [3.05, 3.63) is 97.1 Å². The van der Waals surface area contributed by atoms with Gasteiger partial charge in [0.2, 0.25) is 0 Å². The van der Waals surface area contributed by atoms with Gasteiger partial charge in [0.1, 0.15) is 0 Å². The van der Waals surface area contributed by atoms with Gasteiger partial charge in [0, 0.05) is 0 Å². The molecule has 0 atom stereocenters. The molecule has 0 aromatic heterocycles. The summed E-state index contributed by atoms with van der Waals surface area (Å²) in [7, 11) is 6.73. The van der Waals surface area contributed by atoms with E-state index in [2.05, 4.69) is 48.5 Å². The summed E-state index contributed by atoms with van der Waals surface area (Å²) in [6.45, 7) is 0. The van der Waals surface area contributed by atoms with Gasteiger partial charge in [0.15, 0.2) is 0 Å². The second kappa shape index (κ2) is 12.2. The van der Waals surface area contributed by atoms with Crippen LogP contribution in [0.4, 0.5) is 0 Å². The minimum atomic E-state index is -2.15. The van der Waals surface area contributed by atoms with Gasteiger partial charge in [0.05, 0.1) is 0 Å². The van der Waals surface area contributed by atoms with E-state index < -0.39 is 30.0 Å². The second-order valence-electron chi connectivity index (χ2n) is 7.46. The predicted octanol–water partition coefficient (Wildman–Crippen LogP) is 2.65. The molecule has 0 spiro atoms. The molecule has 7 heteroatoms. The zero-order valence-corrected chi connectivity index (χ0v) is 23.9. The molecule has 0 aliphatic heterocycles. The van der Waals surface area contributed by atoms with E-state index in [1.807, 2.05) is 48.5 Å². The Labute approximate surface area is 216 Å². The molecule has 0 radical (unpaired) electrons. The zero-order valence-electron chi connectivity index (χ0n) is 20.2. The van der Waals surface area contributed by atoms with E-state index in [0.29, 0.717) is 0 Å². The van der Waals surface area contributed by atoms with Crippen molar-refractivity contribution < 1.29 is 21.7 Å². The van der Waals surface area contributed by atoms with Crippen molar-refractivity contribution in [1.82, 2.24) is 0 Å². The van der Waals surface area contributed by atoms with E-state index in [0.717, 1.165) is 23.0 Å². The molecule has 0 saturated carbocycles. The average Bonchev–Trinajstić information content (AvgIpc) is 2.94. The summed E-state index contributed by atoms with van der Waals surface area (Å²) in [6, 6.07) is 33.0. The maximum absolute atomic E-state index is 7.22. The van der Waals surface area contributed by atoms with Crippen LogP contribution in [0, 0.1) is 0 Å². The first-order valence-electron chi connectivity index (χ1n) is 11.0. The van der Waals surface area contributed by atoms with E-state index in [9.17, 15) is 0 Å². The second-order valence-corrected chi connectivity index (χ2v) is 16.4. The fourth-order valence-electron chi connectivity index (χ4n) is 3.44. The Bertz CT molecular complexity index is 1000. The van der Waals surface area contributed by atoms with Crippen molar-refractivity contribution in [3.8, 4) is 23.0 Å². The Kier molecular flexibility index (Phi) is 8.82. The Hall–Kier alpha value is -2.84. The third-order valence-electron chi connectivity index (χ3n) is 5.39. The van der Waals surface area contributed by atoms with Crippen LogP contribution < -0.4 is 36.4 Å². The summed E-state index contributed by atoms with van der Waals surface area (Å²) >= 11 is -4.30. The number of hydrogen-bond acceptors (Lipinski definition) is 5. The van der Waals surface area contributed by atoms with Crippen molar-refractivity contribution in [2.45, 2.75) is 0 Å². The first-order chi connectivity index (χ1) is 17.1. The molecule has 4 rings (SSSR count). The van der Waals surface area contributed by atoms with Crippen LogP contribution in [0.3, 0.4) is 0 Å². The molecular formula is C28H28As2O5. The standard InChI is InChI=1S/C28H28As2O5/c1-31-25-13-5-21(6-14-25)29(22-7-15-26(32-2)16-8-22)35-30(23-9-17-27(33-3)18-10-23)24-11-19-28(34-4)20-12-24/h5-20H,1-4H3. The number of ether oxygens (including phenoxy) is 4. The summed E-state index contributed by atoms with van der Waals surface area (Å²) in [6.07, 6.45) is 0. The van der Waals surface area contributed by atoms with Gasteiger partial charge in [-0.2, -0.15) is 0 Å². The Morgan fingerprint density at radius 2 is 0.543 bits per heavy atom. The van der Waals surface area contributed by atoms with Crippen molar-refractivity contribution in [3.63, 3.8) is 0 Å². The first-order valence-corrected chi connectivity index (χ1v) is 16.3.